The average Bonchev–Trinajstić information content (AvgIpc) is 3.79. The molecule has 1 fully saturated rings. The molecule has 0 bridgehead atoms. The molecule has 3 amide bonds. The molecule has 5 aromatic carbocycles. The number of oxime groups is 1. The predicted octanol–water partition coefficient (Wildman–Crippen LogP) is 11.0. The van der Waals surface area contributed by atoms with Gasteiger partial charge in [0.2, 0.25) is 5.60 Å². The molecule has 2 atom stereocenters. The first kappa shape index (κ1) is 53.7. The van der Waals surface area contributed by atoms with Gasteiger partial charge in [0, 0.05) is 62.7 Å². The minimum absolute atomic E-state index is 0.0361. The highest BCUT2D eigenvalue weighted by Gasteiger charge is 2.55. The van der Waals surface area contributed by atoms with Crippen molar-refractivity contribution in [2.45, 2.75) is 60.1 Å². The Morgan fingerprint density at radius 1 is 0.842 bits per heavy atom. The fourth-order valence-electron chi connectivity index (χ4n) is 8.54. The summed E-state index contributed by atoms with van der Waals surface area (Å²) >= 11 is 12.1. The third kappa shape index (κ3) is 12.3. The van der Waals surface area contributed by atoms with Crippen molar-refractivity contribution in [1.29, 1.82) is 0 Å². The lowest BCUT2D eigenvalue weighted by Gasteiger charge is -2.49. The molecule has 14 nitrogen and oxygen atoms in total. The Hall–Kier alpha value is -7.09. The Kier molecular flexibility index (Phi) is 17.2. The van der Waals surface area contributed by atoms with Crippen molar-refractivity contribution >= 4 is 92.9 Å². The second-order valence-electron chi connectivity index (χ2n) is 18.3. The monoisotopic (exact) mass is 1110 g/mol. The van der Waals surface area contributed by atoms with Gasteiger partial charge in [-0.05, 0) is 43.5 Å². The summed E-state index contributed by atoms with van der Waals surface area (Å²) < 4.78 is 11.9. The fraction of sp³-hybridized carbons (Fsp3) is 0.211. The molecule has 0 unspecified atom stereocenters. The van der Waals surface area contributed by atoms with Crippen molar-refractivity contribution in [1.82, 2.24) is 25.5 Å². The minimum atomic E-state index is -1.39. The Morgan fingerprint density at radius 3 is 1.95 bits per heavy atom. The first-order valence-corrected chi connectivity index (χ1v) is 28.3. The van der Waals surface area contributed by atoms with Crippen LogP contribution < -0.4 is 16.4 Å². The number of alkyl carbamates (subject to hydrolysis) is 1. The molecule has 4 heterocycles. The second kappa shape index (κ2) is 24.3. The summed E-state index contributed by atoms with van der Waals surface area (Å²) in [7, 11) is 0. The Balaban J connectivity index is 1.03. The molecule has 4 N–H and O–H groups in total. The van der Waals surface area contributed by atoms with Gasteiger partial charge in [-0.2, -0.15) is 11.8 Å². The molecule has 9 rings (SSSR count). The lowest BCUT2D eigenvalue weighted by molar-refractivity contribution is -0.154. The van der Waals surface area contributed by atoms with E-state index in [4.69, 9.17) is 31.6 Å². The number of nitrogens with one attached hydrogen (secondary N) is 2. The number of rotatable bonds is 19. The van der Waals surface area contributed by atoms with Crippen molar-refractivity contribution < 1.29 is 33.5 Å². The molecule has 0 radical (unpaired) electrons. The zero-order valence-electron chi connectivity index (χ0n) is 41.5. The van der Waals surface area contributed by atoms with E-state index in [1.54, 1.807) is 24.2 Å². The lowest BCUT2D eigenvalue weighted by atomic mass is 9.80. The molecule has 388 valence electrons. The number of thioether (sulfide) groups is 3. The molecule has 0 saturated carbocycles. The number of thiazole rings is 1. The highest BCUT2D eigenvalue weighted by molar-refractivity contribution is 8.06. The molecular formula is C57H52ClN7O7S4. The van der Waals surface area contributed by atoms with Gasteiger partial charge in [-0.3, -0.25) is 19.5 Å². The number of pyridine rings is 1. The van der Waals surface area contributed by atoms with Gasteiger partial charge in [-0.1, -0.05) is 192 Å². The largest absolute Gasteiger partial charge is 0.448 e. The number of carbonyl (C=O) groups is 4. The van der Waals surface area contributed by atoms with E-state index in [9.17, 15) is 14.4 Å². The minimum Gasteiger partial charge on any atom is -0.448 e. The van der Waals surface area contributed by atoms with Crippen LogP contribution in [0.2, 0.25) is 4.34 Å². The van der Waals surface area contributed by atoms with Crippen molar-refractivity contribution in [2.24, 2.45) is 5.16 Å². The van der Waals surface area contributed by atoms with Crippen LogP contribution in [0.3, 0.4) is 0 Å². The number of esters is 1. The lowest BCUT2D eigenvalue weighted by Crippen LogP contribution is -2.71. The van der Waals surface area contributed by atoms with Crippen molar-refractivity contribution in [3.8, 4) is 0 Å². The van der Waals surface area contributed by atoms with Gasteiger partial charge in [0.25, 0.3) is 11.8 Å². The number of nitrogens with zero attached hydrogens (tertiary/aromatic N) is 4. The number of hydrogen-bond acceptors (Lipinski definition) is 15. The highest BCUT2D eigenvalue weighted by Crippen LogP contribution is 2.47. The molecule has 0 spiro atoms. The number of β-lactam (4-membered cyclic amide) rings is 1. The van der Waals surface area contributed by atoms with Gasteiger partial charge in [0.05, 0.1) is 0 Å². The third-order valence-electron chi connectivity index (χ3n) is 12.0. The van der Waals surface area contributed by atoms with Crippen LogP contribution in [0, 0.1) is 0 Å². The van der Waals surface area contributed by atoms with Crippen molar-refractivity contribution in [2.75, 3.05) is 23.8 Å². The number of aromatic nitrogens is 2. The fourth-order valence-corrected chi connectivity index (χ4v) is 13.0. The van der Waals surface area contributed by atoms with Crippen LogP contribution in [0.15, 0.2) is 191 Å². The van der Waals surface area contributed by atoms with Gasteiger partial charge in [0.1, 0.15) is 32.7 Å². The van der Waals surface area contributed by atoms with Crippen LogP contribution in [0.4, 0.5) is 9.93 Å². The number of ether oxygens (including phenoxy) is 2. The molecule has 2 aliphatic rings. The van der Waals surface area contributed by atoms with Gasteiger partial charge in [-0.15, -0.1) is 11.8 Å². The van der Waals surface area contributed by atoms with E-state index in [2.05, 4.69) is 25.8 Å². The maximum absolute atomic E-state index is 15.0. The number of nitrogen functional groups attached to an aromatic ring is 1. The van der Waals surface area contributed by atoms with Gasteiger partial charge in [0.15, 0.2) is 16.9 Å². The Morgan fingerprint density at radius 2 is 1.41 bits per heavy atom. The highest BCUT2D eigenvalue weighted by atomic mass is 35.5. The van der Waals surface area contributed by atoms with Gasteiger partial charge < -0.3 is 30.7 Å². The standard InChI is InChI=1S/C57H52ClN7O7S4/c1-56(2,3)71-55(69)61-31-32-73-34-38-33-60-30-29-42(38)75-43-35-74-52-46(51(67)65(52)47(43)53(68)70-48(36-19-9-4-10-20-36)37-21-11-5-12-22-37)62-50(66)45(44-49(58)76-54(59)63-44)64-72-57(39-23-13-6-14-24-39,40-25-15-7-16-26-40)41-27-17-8-18-28-41/h4-30,33,46,48,52H,31-32,34-35H2,1-3H3,(H2,59,63)(H,61,69)(H,62,66)/b64-45-/t46-,52-/m1/s1. The summed E-state index contributed by atoms with van der Waals surface area (Å²) in [5.74, 6) is -0.664. The molecule has 1 saturated heterocycles. The van der Waals surface area contributed by atoms with E-state index in [1.807, 2.05) is 178 Å². The summed E-state index contributed by atoms with van der Waals surface area (Å²) in [6, 6.07) is 48.1. The zero-order chi connectivity index (χ0) is 53.2. The zero-order valence-corrected chi connectivity index (χ0v) is 45.5. The van der Waals surface area contributed by atoms with Gasteiger partial charge in [-0.25, -0.2) is 14.6 Å². The molecule has 0 aliphatic carbocycles. The van der Waals surface area contributed by atoms with Crippen molar-refractivity contribution in [3.05, 3.63) is 224 Å². The van der Waals surface area contributed by atoms with Crippen LogP contribution in [-0.2, 0) is 40.0 Å². The maximum Gasteiger partial charge on any atom is 0.407 e. The molecule has 2 aliphatic heterocycles. The summed E-state index contributed by atoms with van der Waals surface area (Å²) in [5, 5.41) is 9.67. The number of halogens is 1. The summed E-state index contributed by atoms with van der Waals surface area (Å²) in [6.07, 6.45) is 2.13. The number of hydrogen-bond donors (Lipinski definition) is 3. The van der Waals surface area contributed by atoms with Crippen LogP contribution in [-0.4, -0.2) is 79.5 Å². The summed E-state index contributed by atoms with van der Waals surface area (Å²) in [4.78, 5) is 75.4. The number of fused-ring (bicyclic) bond motifs is 1. The van der Waals surface area contributed by atoms with E-state index in [1.165, 1.54) is 28.4 Å². The quantitative estimate of drug-likeness (QED) is 0.0174. The van der Waals surface area contributed by atoms with E-state index >= 15 is 4.79 Å². The molecule has 2 aromatic heterocycles. The average molecular weight is 1110 g/mol. The van der Waals surface area contributed by atoms with Crippen LogP contribution >= 0.6 is 58.2 Å². The number of carbonyl (C=O) groups excluding carboxylic acids is 4. The van der Waals surface area contributed by atoms with E-state index < -0.39 is 52.6 Å². The van der Waals surface area contributed by atoms with E-state index in [0.29, 0.717) is 23.0 Å². The van der Waals surface area contributed by atoms with Crippen LogP contribution in [0.1, 0.15) is 65.9 Å². The first-order valence-electron chi connectivity index (χ1n) is 24.1. The number of nitrogens with two attached hydrogens (primary N) is 1. The first-order chi connectivity index (χ1) is 36.8. The summed E-state index contributed by atoms with van der Waals surface area (Å²) in [6.45, 7) is 5.82. The third-order valence-corrected chi connectivity index (χ3v) is 16.7. The second-order valence-corrected chi connectivity index (χ2v) is 23.3. The SMILES string of the molecule is CC(C)(C)OC(=O)NCCSCc1cnccc1SC1=C(C(=O)OC(c2ccccc2)c2ccccc2)N2C(=O)[C@@H](NC(=O)/C(=N\OC(c3ccccc3)(c3ccccc3)c3ccccc3)c3nc(N)sc3Cl)[C@H]2SC1. The molecule has 76 heavy (non-hydrogen) atoms. The maximum atomic E-state index is 15.0. The van der Waals surface area contributed by atoms with Crippen molar-refractivity contribution in [3.63, 3.8) is 0 Å². The Labute approximate surface area is 462 Å². The topological polar surface area (TPSA) is 187 Å². The Bertz CT molecular complexity index is 3100. The molecular weight excluding hydrogens is 1060 g/mol. The summed E-state index contributed by atoms with van der Waals surface area (Å²) in [5.41, 5.74) is 8.39. The smallest absolute Gasteiger partial charge is 0.407 e. The number of amides is 3. The van der Waals surface area contributed by atoms with Gasteiger partial charge >= 0.3 is 12.1 Å². The predicted molar refractivity (Wildman–Crippen MR) is 302 cm³/mol. The molecule has 19 heteroatoms. The normalized spacial score (nSPS) is 15.6. The number of benzene rings is 5. The van der Waals surface area contributed by atoms with Crippen LogP contribution in [0.5, 0.6) is 0 Å². The van der Waals surface area contributed by atoms with Crippen LogP contribution in [0.25, 0.3) is 0 Å². The number of anilines is 1. The van der Waals surface area contributed by atoms with E-state index in [0.717, 1.165) is 49.6 Å². The van der Waals surface area contributed by atoms with E-state index in [-0.39, 0.29) is 32.3 Å². The molecule has 7 aromatic rings.